The van der Waals surface area contributed by atoms with Crippen LogP contribution in [0.4, 0.5) is 10.6 Å². The number of piperidine rings is 1. The molecule has 112 valence electrons. The Hall–Kier alpha value is -2.24. The normalized spacial score (nSPS) is 22.3. The summed E-state index contributed by atoms with van der Waals surface area (Å²) in [7, 11) is 0. The number of anilines is 1. The maximum Gasteiger partial charge on any atom is 0.323 e. The van der Waals surface area contributed by atoms with E-state index in [9.17, 15) is 4.79 Å². The van der Waals surface area contributed by atoms with Crippen molar-refractivity contribution < 1.29 is 13.7 Å². The van der Waals surface area contributed by atoms with Crippen LogP contribution in [0.2, 0.25) is 0 Å². The first-order chi connectivity index (χ1) is 10.1. The van der Waals surface area contributed by atoms with Gasteiger partial charge in [0.2, 0.25) is 0 Å². The third-order valence-corrected chi connectivity index (χ3v) is 3.89. The molecule has 1 N–H and O–H groups in total. The van der Waals surface area contributed by atoms with Crippen LogP contribution in [0.1, 0.15) is 37.3 Å². The summed E-state index contributed by atoms with van der Waals surface area (Å²) in [6.45, 7) is 4.82. The van der Waals surface area contributed by atoms with Crippen LogP contribution in [-0.2, 0) is 0 Å². The first kappa shape index (κ1) is 13.7. The van der Waals surface area contributed by atoms with E-state index in [1.165, 1.54) is 6.26 Å². The van der Waals surface area contributed by atoms with Gasteiger partial charge in [-0.25, -0.2) is 4.79 Å². The van der Waals surface area contributed by atoms with Crippen LogP contribution < -0.4 is 5.32 Å². The number of furan rings is 1. The Morgan fingerprint density at radius 1 is 1.43 bits per heavy atom. The number of carbonyl (C=O) groups is 1. The van der Waals surface area contributed by atoms with E-state index in [4.69, 9.17) is 8.94 Å². The monoisotopic (exact) mass is 289 g/mol. The lowest BCUT2D eigenvalue weighted by Gasteiger charge is -2.37. The highest BCUT2D eigenvalue weighted by molar-refractivity contribution is 5.88. The van der Waals surface area contributed by atoms with E-state index in [2.05, 4.69) is 17.4 Å². The summed E-state index contributed by atoms with van der Waals surface area (Å²) in [5, 5.41) is 6.46. The van der Waals surface area contributed by atoms with Crippen molar-refractivity contribution in [1.29, 1.82) is 0 Å². The molecular weight excluding hydrogens is 270 g/mol. The smallest absolute Gasteiger partial charge is 0.323 e. The number of hydrogen-bond donors (Lipinski definition) is 1. The van der Waals surface area contributed by atoms with E-state index < -0.39 is 0 Å². The highest BCUT2D eigenvalue weighted by Gasteiger charge is 2.33. The van der Waals surface area contributed by atoms with Crippen LogP contribution in [0.5, 0.6) is 0 Å². The van der Waals surface area contributed by atoms with E-state index >= 15 is 0 Å². The molecule has 0 bridgehead atoms. The molecule has 2 aromatic rings. The minimum absolute atomic E-state index is 0.0330. The topological polar surface area (TPSA) is 71.5 Å². The predicted octanol–water partition coefficient (Wildman–Crippen LogP) is 3.58. The van der Waals surface area contributed by atoms with Gasteiger partial charge < -0.3 is 13.8 Å². The number of likely N-dealkylation sites (tertiary alicyclic amines) is 1. The van der Waals surface area contributed by atoms with Crippen molar-refractivity contribution >= 4 is 11.8 Å². The summed E-state index contributed by atoms with van der Waals surface area (Å²) in [6, 6.07) is 5.30. The highest BCUT2D eigenvalue weighted by Crippen LogP contribution is 2.35. The summed E-state index contributed by atoms with van der Waals surface area (Å²) in [4.78, 5) is 14.3. The maximum atomic E-state index is 12.5. The number of amides is 2. The quantitative estimate of drug-likeness (QED) is 0.917. The largest absolute Gasteiger partial charge is 0.464 e. The van der Waals surface area contributed by atoms with Crippen molar-refractivity contribution in [3.8, 4) is 0 Å². The molecule has 1 saturated heterocycles. The molecule has 0 aromatic carbocycles. The van der Waals surface area contributed by atoms with Crippen molar-refractivity contribution in [2.24, 2.45) is 5.92 Å². The van der Waals surface area contributed by atoms with Crippen LogP contribution in [0.3, 0.4) is 0 Å². The number of aryl methyl sites for hydroxylation is 1. The zero-order valence-electron chi connectivity index (χ0n) is 12.2. The molecule has 3 rings (SSSR count). The SMILES string of the molecule is Cc1ccc([C@H]2C[C@H](C)CCN2C(=O)Nc2ccon2)o1. The van der Waals surface area contributed by atoms with Gasteiger partial charge in [0.25, 0.3) is 0 Å². The lowest BCUT2D eigenvalue weighted by Crippen LogP contribution is -2.42. The first-order valence-corrected chi connectivity index (χ1v) is 7.18. The average Bonchev–Trinajstić information content (AvgIpc) is 3.10. The number of hydrogen-bond acceptors (Lipinski definition) is 4. The molecule has 3 heterocycles. The Bertz CT molecular complexity index is 605. The number of aromatic nitrogens is 1. The molecule has 21 heavy (non-hydrogen) atoms. The summed E-state index contributed by atoms with van der Waals surface area (Å²) < 4.78 is 10.5. The van der Waals surface area contributed by atoms with Crippen LogP contribution in [0.15, 0.2) is 33.4 Å². The molecular formula is C15H19N3O3. The van der Waals surface area contributed by atoms with Gasteiger partial charge in [0, 0.05) is 12.6 Å². The minimum Gasteiger partial charge on any atom is -0.464 e. The molecule has 6 heteroatoms. The van der Waals surface area contributed by atoms with Gasteiger partial charge in [-0.1, -0.05) is 12.1 Å². The highest BCUT2D eigenvalue weighted by atomic mass is 16.5. The second kappa shape index (κ2) is 5.63. The maximum absolute atomic E-state index is 12.5. The first-order valence-electron chi connectivity index (χ1n) is 7.18. The predicted molar refractivity (Wildman–Crippen MR) is 76.8 cm³/mol. The van der Waals surface area contributed by atoms with Gasteiger partial charge in [0.15, 0.2) is 5.82 Å². The van der Waals surface area contributed by atoms with Crippen LogP contribution in [-0.4, -0.2) is 22.6 Å². The lowest BCUT2D eigenvalue weighted by molar-refractivity contribution is 0.128. The van der Waals surface area contributed by atoms with Crippen LogP contribution >= 0.6 is 0 Å². The Labute approximate surface area is 123 Å². The number of carbonyl (C=O) groups excluding carboxylic acids is 1. The summed E-state index contributed by atoms with van der Waals surface area (Å²) >= 11 is 0. The Morgan fingerprint density at radius 3 is 2.95 bits per heavy atom. The molecule has 0 radical (unpaired) electrons. The molecule has 1 fully saturated rings. The van der Waals surface area contributed by atoms with Crippen LogP contribution in [0, 0.1) is 12.8 Å². The van der Waals surface area contributed by atoms with Gasteiger partial charge in [-0.05, 0) is 37.8 Å². The van der Waals surface area contributed by atoms with Crippen LogP contribution in [0.25, 0.3) is 0 Å². The molecule has 2 amide bonds. The van der Waals surface area contributed by atoms with Gasteiger partial charge in [-0.2, -0.15) is 0 Å². The van der Waals surface area contributed by atoms with Gasteiger partial charge in [0.1, 0.15) is 17.8 Å². The third kappa shape index (κ3) is 2.94. The molecule has 2 aromatic heterocycles. The van der Waals surface area contributed by atoms with Crippen molar-refractivity contribution in [2.45, 2.75) is 32.7 Å². The zero-order chi connectivity index (χ0) is 14.8. The van der Waals surface area contributed by atoms with Gasteiger partial charge in [-0.3, -0.25) is 5.32 Å². The second-order valence-corrected chi connectivity index (χ2v) is 5.60. The fraction of sp³-hybridized carbons (Fsp3) is 0.467. The molecule has 0 unspecified atom stereocenters. The lowest BCUT2D eigenvalue weighted by atomic mass is 9.91. The van der Waals surface area contributed by atoms with Crippen molar-refractivity contribution in [3.05, 3.63) is 36.0 Å². The van der Waals surface area contributed by atoms with Gasteiger partial charge in [0.05, 0.1) is 6.04 Å². The fourth-order valence-corrected chi connectivity index (χ4v) is 2.75. The fourth-order valence-electron chi connectivity index (χ4n) is 2.75. The molecule has 1 aliphatic rings. The van der Waals surface area contributed by atoms with E-state index in [1.807, 2.05) is 24.0 Å². The van der Waals surface area contributed by atoms with E-state index in [-0.39, 0.29) is 12.1 Å². The van der Waals surface area contributed by atoms with E-state index in [1.54, 1.807) is 6.07 Å². The van der Waals surface area contributed by atoms with Gasteiger partial charge in [-0.15, -0.1) is 0 Å². The number of nitrogens with one attached hydrogen (secondary N) is 1. The second-order valence-electron chi connectivity index (χ2n) is 5.60. The molecule has 1 aliphatic heterocycles. The van der Waals surface area contributed by atoms with E-state index in [0.29, 0.717) is 18.3 Å². The number of rotatable bonds is 2. The minimum atomic E-state index is -0.171. The summed E-state index contributed by atoms with van der Waals surface area (Å²) in [5.41, 5.74) is 0. The molecule has 2 atom stereocenters. The van der Waals surface area contributed by atoms with E-state index in [0.717, 1.165) is 24.4 Å². The third-order valence-electron chi connectivity index (χ3n) is 3.89. The van der Waals surface area contributed by atoms with Crippen molar-refractivity contribution in [3.63, 3.8) is 0 Å². The number of nitrogens with zero attached hydrogens (tertiary/aromatic N) is 2. The van der Waals surface area contributed by atoms with Crippen molar-refractivity contribution in [1.82, 2.24) is 10.1 Å². The Kier molecular flexibility index (Phi) is 3.68. The summed E-state index contributed by atoms with van der Waals surface area (Å²) in [6.07, 6.45) is 3.32. The number of urea groups is 1. The average molecular weight is 289 g/mol. The van der Waals surface area contributed by atoms with Crippen molar-refractivity contribution in [2.75, 3.05) is 11.9 Å². The Morgan fingerprint density at radius 2 is 2.29 bits per heavy atom. The standard InChI is InChI=1S/C15H19N3O3/c1-10-5-7-18(15(19)16-14-6-8-20-17-14)12(9-10)13-4-3-11(2)21-13/h3-4,6,8,10,12H,5,7,9H2,1-2H3,(H,16,17,19)/t10-,12-/m1/s1. The Balaban J connectivity index is 1.79. The molecule has 0 saturated carbocycles. The molecule has 0 spiro atoms. The zero-order valence-corrected chi connectivity index (χ0v) is 12.2. The molecule has 6 nitrogen and oxygen atoms in total. The summed E-state index contributed by atoms with van der Waals surface area (Å²) in [5.74, 6) is 2.69. The molecule has 0 aliphatic carbocycles. The van der Waals surface area contributed by atoms with Gasteiger partial charge >= 0.3 is 6.03 Å².